The van der Waals surface area contributed by atoms with Crippen molar-refractivity contribution in [2.75, 3.05) is 0 Å². The molecule has 0 radical (unpaired) electrons. The fourth-order valence-electron chi connectivity index (χ4n) is 1.34. The minimum absolute atomic E-state index is 0.0987. The first kappa shape index (κ1) is 13.4. The summed E-state index contributed by atoms with van der Waals surface area (Å²) in [7, 11) is 0. The molecular weight excluding hydrogens is 271 g/mol. The Labute approximate surface area is 104 Å². The number of ketones is 1. The first-order valence-corrected chi connectivity index (χ1v) is 6.07. The zero-order valence-corrected chi connectivity index (χ0v) is 11.4. The van der Waals surface area contributed by atoms with E-state index >= 15 is 0 Å². The molecule has 0 saturated heterocycles. The second-order valence-electron chi connectivity index (χ2n) is 5.11. The number of carbonyl (C=O) groups is 1. The maximum Gasteiger partial charge on any atom is 0.165 e. The summed E-state index contributed by atoms with van der Waals surface area (Å²) in [5, 5.41) is 0. The Morgan fingerprint density at radius 3 is 2.50 bits per heavy atom. The van der Waals surface area contributed by atoms with Gasteiger partial charge in [0.1, 0.15) is 5.82 Å². The summed E-state index contributed by atoms with van der Waals surface area (Å²) in [5.41, 5.74) is 0.286. The van der Waals surface area contributed by atoms with Crippen LogP contribution in [0.5, 0.6) is 0 Å². The fourth-order valence-corrected chi connectivity index (χ4v) is 1.67. The standard InChI is InChI=1S/C13H16BrFO/c1-13(2,3)7-6-12(16)10-5-4-9(14)8-11(10)15/h4-5,8H,6-7H2,1-3H3. The van der Waals surface area contributed by atoms with Gasteiger partial charge in [0.15, 0.2) is 5.78 Å². The zero-order valence-electron chi connectivity index (χ0n) is 9.81. The number of hydrogen-bond donors (Lipinski definition) is 0. The maximum atomic E-state index is 13.5. The highest BCUT2D eigenvalue weighted by atomic mass is 79.9. The number of Topliss-reactive ketones (excluding diaryl/α,β-unsaturated/α-hetero) is 1. The summed E-state index contributed by atoms with van der Waals surface area (Å²) >= 11 is 3.16. The predicted molar refractivity (Wildman–Crippen MR) is 67.1 cm³/mol. The molecule has 1 aromatic carbocycles. The van der Waals surface area contributed by atoms with Crippen LogP contribution in [-0.2, 0) is 0 Å². The van der Waals surface area contributed by atoms with E-state index in [1.807, 2.05) is 0 Å². The first-order valence-electron chi connectivity index (χ1n) is 5.28. The third kappa shape index (κ3) is 4.05. The van der Waals surface area contributed by atoms with Gasteiger partial charge in [0.25, 0.3) is 0 Å². The monoisotopic (exact) mass is 286 g/mol. The van der Waals surface area contributed by atoms with Crippen LogP contribution >= 0.6 is 15.9 Å². The molecule has 0 spiro atoms. The largest absolute Gasteiger partial charge is 0.294 e. The van der Waals surface area contributed by atoms with Crippen LogP contribution in [0.4, 0.5) is 4.39 Å². The minimum Gasteiger partial charge on any atom is -0.294 e. The van der Waals surface area contributed by atoms with Gasteiger partial charge >= 0.3 is 0 Å². The molecule has 3 heteroatoms. The normalized spacial score (nSPS) is 11.6. The Balaban J connectivity index is 2.74. The van der Waals surface area contributed by atoms with Crippen LogP contribution in [0.2, 0.25) is 0 Å². The molecule has 0 bridgehead atoms. The van der Waals surface area contributed by atoms with Crippen LogP contribution in [-0.4, -0.2) is 5.78 Å². The second kappa shape index (κ2) is 5.09. The predicted octanol–water partition coefficient (Wildman–Crippen LogP) is 4.60. The number of rotatable bonds is 3. The lowest BCUT2D eigenvalue weighted by molar-refractivity contribution is 0.0962. The molecule has 0 aromatic heterocycles. The van der Waals surface area contributed by atoms with Gasteiger partial charge in [-0.05, 0) is 30.0 Å². The molecule has 0 aliphatic heterocycles. The van der Waals surface area contributed by atoms with Gasteiger partial charge in [-0.25, -0.2) is 4.39 Å². The Bertz CT molecular complexity index is 393. The highest BCUT2D eigenvalue weighted by Crippen LogP contribution is 2.23. The molecule has 1 rings (SSSR count). The van der Waals surface area contributed by atoms with Crippen LogP contribution in [0.25, 0.3) is 0 Å². The van der Waals surface area contributed by atoms with Crippen LogP contribution in [0.3, 0.4) is 0 Å². The Morgan fingerprint density at radius 2 is 2.00 bits per heavy atom. The lowest BCUT2D eigenvalue weighted by Crippen LogP contribution is -2.10. The average molecular weight is 287 g/mol. The van der Waals surface area contributed by atoms with Gasteiger partial charge in [0.2, 0.25) is 0 Å². The number of benzene rings is 1. The molecule has 88 valence electrons. The third-order valence-electron chi connectivity index (χ3n) is 2.33. The molecule has 1 aromatic rings. The molecule has 0 aliphatic carbocycles. The van der Waals surface area contributed by atoms with Crippen LogP contribution in [0.15, 0.2) is 22.7 Å². The van der Waals surface area contributed by atoms with E-state index in [0.29, 0.717) is 10.9 Å². The molecule has 0 aliphatic rings. The molecular formula is C13H16BrFO. The zero-order chi connectivity index (χ0) is 12.3. The molecule has 0 unspecified atom stereocenters. The summed E-state index contributed by atoms with van der Waals surface area (Å²) in [5.74, 6) is -0.576. The van der Waals surface area contributed by atoms with E-state index in [9.17, 15) is 9.18 Å². The van der Waals surface area contributed by atoms with Crippen molar-refractivity contribution in [3.63, 3.8) is 0 Å². The summed E-state index contributed by atoms with van der Waals surface area (Å²) in [4.78, 5) is 11.8. The molecule has 1 nitrogen and oxygen atoms in total. The Hall–Kier alpha value is -0.700. The van der Waals surface area contributed by atoms with Gasteiger partial charge in [-0.2, -0.15) is 0 Å². The van der Waals surface area contributed by atoms with E-state index in [2.05, 4.69) is 36.7 Å². The van der Waals surface area contributed by atoms with E-state index in [4.69, 9.17) is 0 Å². The van der Waals surface area contributed by atoms with Gasteiger partial charge in [-0.3, -0.25) is 4.79 Å². The SMILES string of the molecule is CC(C)(C)CCC(=O)c1ccc(Br)cc1F. The molecule has 16 heavy (non-hydrogen) atoms. The Kier molecular flexibility index (Phi) is 4.25. The average Bonchev–Trinajstić information content (AvgIpc) is 2.13. The lowest BCUT2D eigenvalue weighted by Gasteiger charge is -2.17. The minimum atomic E-state index is -0.451. The van der Waals surface area contributed by atoms with Crippen molar-refractivity contribution in [3.05, 3.63) is 34.1 Å². The number of carbonyl (C=O) groups excluding carboxylic acids is 1. The molecule has 0 amide bonds. The van der Waals surface area contributed by atoms with Gasteiger partial charge in [0, 0.05) is 10.9 Å². The van der Waals surface area contributed by atoms with Crippen molar-refractivity contribution in [1.82, 2.24) is 0 Å². The first-order chi connectivity index (χ1) is 7.29. The number of halogens is 2. The topological polar surface area (TPSA) is 17.1 Å². The van der Waals surface area contributed by atoms with Crippen molar-refractivity contribution < 1.29 is 9.18 Å². The van der Waals surface area contributed by atoms with Crippen LogP contribution in [0.1, 0.15) is 44.0 Å². The quantitative estimate of drug-likeness (QED) is 0.743. The highest BCUT2D eigenvalue weighted by molar-refractivity contribution is 9.10. The molecule has 0 N–H and O–H groups in total. The second-order valence-corrected chi connectivity index (χ2v) is 6.02. The van der Waals surface area contributed by atoms with Crippen LogP contribution < -0.4 is 0 Å². The van der Waals surface area contributed by atoms with Gasteiger partial charge in [-0.15, -0.1) is 0 Å². The van der Waals surface area contributed by atoms with Crippen molar-refractivity contribution in [2.24, 2.45) is 5.41 Å². The smallest absolute Gasteiger partial charge is 0.165 e. The lowest BCUT2D eigenvalue weighted by atomic mass is 9.88. The van der Waals surface area contributed by atoms with Crippen molar-refractivity contribution >= 4 is 21.7 Å². The van der Waals surface area contributed by atoms with Gasteiger partial charge in [0.05, 0.1) is 5.56 Å². The van der Waals surface area contributed by atoms with E-state index in [0.717, 1.165) is 6.42 Å². The molecule has 0 fully saturated rings. The molecule has 0 heterocycles. The molecule has 0 atom stereocenters. The van der Waals surface area contributed by atoms with E-state index in [-0.39, 0.29) is 16.8 Å². The third-order valence-corrected chi connectivity index (χ3v) is 2.83. The van der Waals surface area contributed by atoms with Crippen molar-refractivity contribution in [2.45, 2.75) is 33.6 Å². The van der Waals surface area contributed by atoms with E-state index in [1.54, 1.807) is 6.07 Å². The summed E-state index contributed by atoms with van der Waals surface area (Å²) in [6, 6.07) is 4.54. The molecule has 0 saturated carbocycles. The number of hydrogen-bond acceptors (Lipinski definition) is 1. The summed E-state index contributed by atoms with van der Waals surface area (Å²) < 4.78 is 14.1. The van der Waals surface area contributed by atoms with E-state index in [1.165, 1.54) is 12.1 Å². The highest BCUT2D eigenvalue weighted by Gasteiger charge is 2.16. The van der Waals surface area contributed by atoms with Crippen molar-refractivity contribution in [3.8, 4) is 0 Å². The summed E-state index contributed by atoms with van der Waals surface area (Å²) in [6.45, 7) is 6.20. The maximum absolute atomic E-state index is 13.5. The van der Waals surface area contributed by atoms with Crippen molar-refractivity contribution in [1.29, 1.82) is 0 Å². The fraction of sp³-hybridized carbons (Fsp3) is 0.462. The summed E-state index contributed by atoms with van der Waals surface area (Å²) in [6.07, 6.45) is 1.16. The van der Waals surface area contributed by atoms with Gasteiger partial charge in [-0.1, -0.05) is 36.7 Å². The Morgan fingerprint density at radius 1 is 1.38 bits per heavy atom. The van der Waals surface area contributed by atoms with Crippen LogP contribution in [0, 0.1) is 11.2 Å². The van der Waals surface area contributed by atoms with Gasteiger partial charge < -0.3 is 0 Å². The van der Waals surface area contributed by atoms with E-state index < -0.39 is 5.82 Å².